The van der Waals surface area contributed by atoms with Gasteiger partial charge in [-0.15, -0.1) is 0 Å². The van der Waals surface area contributed by atoms with Crippen molar-refractivity contribution in [1.29, 1.82) is 0 Å². The van der Waals surface area contributed by atoms with E-state index in [4.69, 9.17) is 0 Å². The van der Waals surface area contributed by atoms with E-state index in [2.05, 4.69) is 23.8 Å². The van der Waals surface area contributed by atoms with Crippen LogP contribution >= 0.6 is 0 Å². The summed E-state index contributed by atoms with van der Waals surface area (Å²) in [5.74, 6) is 1.61. The molecular weight excluding hydrogens is 262 g/mol. The van der Waals surface area contributed by atoms with Gasteiger partial charge in [-0.2, -0.15) is 0 Å². The van der Waals surface area contributed by atoms with Crippen LogP contribution in [0.5, 0.6) is 0 Å². The summed E-state index contributed by atoms with van der Waals surface area (Å²) in [5.41, 5.74) is 2.59. The summed E-state index contributed by atoms with van der Waals surface area (Å²) in [6.45, 7) is 6.33. The minimum Gasteiger partial charge on any atom is -0.345 e. The maximum absolute atomic E-state index is 12.7. The standard InChI is InChI=1S/C17H23N3O/c1-12(2)13-4-3-8-20(9-7-13)17(21)14-5-6-15-16(10-14)19-11-18-15/h5-6,10-13H,3-4,7-9H2,1-2H3,(H,18,19)/t13-/m1/s1. The van der Waals surface area contributed by atoms with E-state index >= 15 is 0 Å². The van der Waals surface area contributed by atoms with Gasteiger partial charge in [0.25, 0.3) is 5.91 Å². The second-order valence-electron chi connectivity index (χ2n) is 6.36. The summed E-state index contributed by atoms with van der Waals surface area (Å²) < 4.78 is 0. The zero-order valence-electron chi connectivity index (χ0n) is 12.8. The Morgan fingerprint density at radius 1 is 1.33 bits per heavy atom. The first-order chi connectivity index (χ1) is 10.1. The Morgan fingerprint density at radius 3 is 3.00 bits per heavy atom. The molecule has 0 bridgehead atoms. The lowest BCUT2D eigenvalue weighted by Crippen LogP contribution is -2.32. The van der Waals surface area contributed by atoms with Crippen LogP contribution in [0.25, 0.3) is 11.0 Å². The number of aromatic amines is 1. The Labute approximate surface area is 125 Å². The first-order valence-electron chi connectivity index (χ1n) is 7.87. The zero-order chi connectivity index (χ0) is 14.8. The maximum atomic E-state index is 12.7. The molecule has 1 fully saturated rings. The second-order valence-corrected chi connectivity index (χ2v) is 6.36. The highest BCUT2D eigenvalue weighted by molar-refractivity contribution is 5.97. The molecule has 0 spiro atoms. The molecule has 0 saturated carbocycles. The number of H-pyrrole nitrogens is 1. The number of amides is 1. The molecule has 0 aliphatic carbocycles. The van der Waals surface area contributed by atoms with Crippen molar-refractivity contribution in [2.45, 2.75) is 33.1 Å². The molecule has 21 heavy (non-hydrogen) atoms. The van der Waals surface area contributed by atoms with Gasteiger partial charge in [-0.05, 0) is 49.3 Å². The van der Waals surface area contributed by atoms with Gasteiger partial charge in [0.15, 0.2) is 0 Å². The average molecular weight is 285 g/mol. The first-order valence-corrected chi connectivity index (χ1v) is 7.87. The van der Waals surface area contributed by atoms with Crippen LogP contribution in [0.4, 0.5) is 0 Å². The number of nitrogens with one attached hydrogen (secondary N) is 1. The molecule has 2 aromatic rings. The molecule has 1 amide bonds. The van der Waals surface area contributed by atoms with Crippen molar-refractivity contribution >= 4 is 16.9 Å². The van der Waals surface area contributed by atoms with Crippen molar-refractivity contribution in [2.24, 2.45) is 11.8 Å². The molecular formula is C17H23N3O. The molecule has 0 unspecified atom stereocenters. The minimum atomic E-state index is 0.149. The van der Waals surface area contributed by atoms with Crippen LogP contribution in [0.1, 0.15) is 43.5 Å². The third-order valence-corrected chi connectivity index (χ3v) is 4.67. The van der Waals surface area contributed by atoms with Crippen molar-refractivity contribution in [3.05, 3.63) is 30.1 Å². The summed E-state index contributed by atoms with van der Waals surface area (Å²) in [7, 11) is 0. The number of carbonyl (C=O) groups excluding carboxylic acids is 1. The molecule has 3 rings (SSSR count). The Kier molecular flexibility index (Phi) is 3.95. The fourth-order valence-electron chi connectivity index (χ4n) is 3.24. The van der Waals surface area contributed by atoms with Crippen molar-refractivity contribution in [1.82, 2.24) is 14.9 Å². The normalized spacial score (nSPS) is 20.0. The Balaban J connectivity index is 1.75. The lowest BCUT2D eigenvalue weighted by molar-refractivity contribution is 0.0759. The number of hydrogen-bond donors (Lipinski definition) is 1. The first kappa shape index (κ1) is 14.1. The van der Waals surface area contributed by atoms with E-state index in [9.17, 15) is 4.79 Å². The number of aromatic nitrogens is 2. The molecule has 1 aromatic carbocycles. The van der Waals surface area contributed by atoms with E-state index in [0.717, 1.165) is 48.4 Å². The van der Waals surface area contributed by atoms with E-state index in [-0.39, 0.29) is 5.91 Å². The Bertz CT molecular complexity index is 632. The lowest BCUT2D eigenvalue weighted by Gasteiger charge is -2.21. The van der Waals surface area contributed by atoms with Crippen molar-refractivity contribution in [3.63, 3.8) is 0 Å². The predicted molar refractivity (Wildman–Crippen MR) is 84.2 cm³/mol. The monoisotopic (exact) mass is 285 g/mol. The van der Waals surface area contributed by atoms with Crippen LogP contribution in [0.3, 0.4) is 0 Å². The zero-order valence-corrected chi connectivity index (χ0v) is 12.8. The number of hydrogen-bond acceptors (Lipinski definition) is 2. The summed E-state index contributed by atoms with van der Waals surface area (Å²) in [6.07, 6.45) is 5.13. The topological polar surface area (TPSA) is 49.0 Å². The van der Waals surface area contributed by atoms with E-state index in [1.807, 2.05) is 23.1 Å². The molecule has 4 nitrogen and oxygen atoms in total. The molecule has 2 heterocycles. The summed E-state index contributed by atoms with van der Waals surface area (Å²) in [5, 5.41) is 0. The van der Waals surface area contributed by atoms with Gasteiger partial charge in [-0.3, -0.25) is 4.79 Å². The molecule has 1 aliphatic rings. The summed E-state index contributed by atoms with van der Waals surface area (Å²) >= 11 is 0. The van der Waals surface area contributed by atoms with Gasteiger partial charge in [0.1, 0.15) is 0 Å². The highest BCUT2D eigenvalue weighted by atomic mass is 16.2. The van der Waals surface area contributed by atoms with Crippen LogP contribution in [0.15, 0.2) is 24.5 Å². The molecule has 112 valence electrons. The number of nitrogens with zero attached hydrogens (tertiary/aromatic N) is 2. The molecule has 1 atom stereocenters. The number of fused-ring (bicyclic) bond motifs is 1. The van der Waals surface area contributed by atoms with Gasteiger partial charge in [0, 0.05) is 18.7 Å². The minimum absolute atomic E-state index is 0.149. The molecule has 4 heteroatoms. The SMILES string of the molecule is CC(C)[C@@H]1CCCN(C(=O)c2ccc3nc[nH]c3c2)CC1. The third kappa shape index (κ3) is 2.94. The van der Waals surface area contributed by atoms with Crippen molar-refractivity contribution in [2.75, 3.05) is 13.1 Å². The van der Waals surface area contributed by atoms with Gasteiger partial charge in [-0.25, -0.2) is 4.98 Å². The molecule has 1 N–H and O–H groups in total. The number of rotatable bonds is 2. The van der Waals surface area contributed by atoms with E-state index < -0.39 is 0 Å². The number of carbonyl (C=O) groups is 1. The molecule has 1 aromatic heterocycles. The smallest absolute Gasteiger partial charge is 0.253 e. The van der Waals surface area contributed by atoms with E-state index in [1.165, 1.54) is 6.42 Å². The average Bonchev–Trinajstić information content (AvgIpc) is 2.80. The van der Waals surface area contributed by atoms with Gasteiger partial charge >= 0.3 is 0 Å². The second kappa shape index (κ2) is 5.88. The number of likely N-dealkylation sites (tertiary alicyclic amines) is 1. The van der Waals surface area contributed by atoms with Crippen LogP contribution in [0, 0.1) is 11.8 Å². The third-order valence-electron chi connectivity index (χ3n) is 4.67. The predicted octanol–water partition coefficient (Wildman–Crippen LogP) is 3.46. The largest absolute Gasteiger partial charge is 0.345 e. The maximum Gasteiger partial charge on any atom is 0.253 e. The van der Waals surface area contributed by atoms with Crippen LogP contribution in [-0.4, -0.2) is 33.9 Å². The van der Waals surface area contributed by atoms with Crippen molar-refractivity contribution in [3.8, 4) is 0 Å². The van der Waals surface area contributed by atoms with E-state index in [0.29, 0.717) is 5.92 Å². The lowest BCUT2D eigenvalue weighted by atomic mass is 9.89. The number of imidazole rings is 1. The van der Waals surface area contributed by atoms with Gasteiger partial charge in [-0.1, -0.05) is 13.8 Å². The van der Waals surface area contributed by atoms with E-state index in [1.54, 1.807) is 6.33 Å². The summed E-state index contributed by atoms with van der Waals surface area (Å²) in [4.78, 5) is 22.0. The van der Waals surface area contributed by atoms with Crippen LogP contribution < -0.4 is 0 Å². The van der Waals surface area contributed by atoms with Gasteiger partial charge in [0.2, 0.25) is 0 Å². The molecule has 1 aliphatic heterocycles. The van der Waals surface area contributed by atoms with Gasteiger partial charge < -0.3 is 9.88 Å². The van der Waals surface area contributed by atoms with Gasteiger partial charge in [0.05, 0.1) is 17.4 Å². The van der Waals surface area contributed by atoms with Crippen LogP contribution in [-0.2, 0) is 0 Å². The number of benzene rings is 1. The Hall–Kier alpha value is -1.84. The Morgan fingerprint density at radius 2 is 2.19 bits per heavy atom. The highest BCUT2D eigenvalue weighted by Gasteiger charge is 2.23. The van der Waals surface area contributed by atoms with Crippen LogP contribution in [0.2, 0.25) is 0 Å². The highest BCUT2D eigenvalue weighted by Crippen LogP contribution is 2.25. The molecule has 0 radical (unpaired) electrons. The summed E-state index contributed by atoms with van der Waals surface area (Å²) in [6, 6.07) is 5.71. The molecule has 1 saturated heterocycles. The quantitative estimate of drug-likeness (QED) is 0.918. The van der Waals surface area contributed by atoms with Crippen molar-refractivity contribution < 1.29 is 4.79 Å². The fourth-order valence-corrected chi connectivity index (χ4v) is 3.24. The fraction of sp³-hybridized carbons (Fsp3) is 0.529.